The molecule has 0 amide bonds. The molecule has 2 aromatic rings. The molecule has 0 saturated carbocycles. The third-order valence-corrected chi connectivity index (χ3v) is 2.14. The van der Waals surface area contributed by atoms with Gasteiger partial charge in [-0.25, -0.2) is 0 Å². The molecule has 0 aliphatic rings. The molecule has 2 N–H and O–H groups in total. The highest BCUT2D eigenvalue weighted by Gasteiger charge is 1.99. The molecule has 4 heteroatoms. The minimum atomic E-state index is -0.0854. The van der Waals surface area contributed by atoms with Gasteiger partial charge in [0.1, 0.15) is 0 Å². The first kappa shape index (κ1) is 6.67. The van der Waals surface area contributed by atoms with Gasteiger partial charge in [-0.1, -0.05) is 0 Å². The molecule has 0 aromatic carbocycles. The van der Waals surface area contributed by atoms with Crippen LogP contribution < -0.4 is 5.56 Å². The molecule has 0 atom stereocenters. The maximum atomic E-state index is 10.8. The van der Waals surface area contributed by atoms with Crippen molar-refractivity contribution < 1.29 is 0 Å². The molecule has 2 aromatic heterocycles. The Morgan fingerprint density at radius 3 is 3.00 bits per heavy atom. The number of hydrogen-bond acceptors (Lipinski definition) is 1. The molecule has 0 aliphatic carbocycles. The summed E-state index contributed by atoms with van der Waals surface area (Å²) in [4.78, 5) is 16.5. The van der Waals surface area contributed by atoms with Gasteiger partial charge in [0.2, 0.25) is 5.56 Å². The minimum absolute atomic E-state index is 0.0854. The van der Waals surface area contributed by atoms with Gasteiger partial charge >= 0.3 is 0 Å². The molecule has 0 saturated heterocycles. The van der Waals surface area contributed by atoms with Crippen LogP contribution in [0, 0.1) is 0 Å². The normalized spacial score (nSPS) is 10.6. The monoisotopic (exact) mass is 212 g/mol. The van der Waals surface area contributed by atoms with Crippen LogP contribution in [0.4, 0.5) is 0 Å². The van der Waals surface area contributed by atoms with Crippen molar-refractivity contribution in [2.24, 2.45) is 0 Å². The molecule has 0 fully saturated rings. The fourth-order valence-corrected chi connectivity index (χ4v) is 1.42. The summed E-state index contributed by atoms with van der Waals surface area (Å²) in [6.07, 6.45) is 1.79. The molecule has 0 bridgehead atoms. The zero-order chi connectivity index (χ0) is 7.84. The number of halogens is 1. The Hall–Kier alpha value is -1.03. The number of aromatic amines is 2. The fraction of sp³-hybridized carbons (Fsp3) is 0. The summed E-state index contributed by atoms with van der Waals surface area (Å²) in [5.41, 5.74) is 1.66. The molecule has 11 heavy (non-hydrogen) atoms. The Morgan fingerprint density at radius 2 is 2.18 bits per heavy atom. The van der Waals surface area contributed by atoms with Crippen LogP contribution in [-0.4, -0.2) is 9.97 Å². The SMILES string of the molecule is O=c1ccc2[nH]cc(Br)c2[nH]1. The minimum Gasteiger partial charge on any atom is -0.359 e. The number of nitrogens with one attached hydrogen (secondary N) is 2. The van der Waals surface area contributed by atoms with Crippen LogP contribution >= 0.6 is 15.9 Å². The van der Waals surface area contributed by atoms with E-state index in [9.17, 15) is 4.79 Å². The molecule has 0 aliphatic heterocycles. The second-order valence-corrected chi connectivity index (χ2v) is 3.10. The Bertz CT molecular complexity index is 443. The number of hydrogen-bond donors (Lipinski definition) is 2. The predicted molar refractivity (Wildman–Crippen MR) is 46.6 cm³/mol. The number of aromatic nitrogens is 2. The van der Waals surface area contributed by atoms with E-state index in [4.69, 9.17) is 0 Å². The Morgan fingerprint density at radius 1 is 1.36 bits per heavy atom. The van der Waals surface area contributed by atoms with Gasteiger partial charge in [0.05, 0.1) is 15.5 Å². The van der Waals surface area contributed by atoms with Crippen molar-refractivity contribution in [3.63, 3.8) is 0 Å². The van der Waals surface area contributed by atoms with Crippen molar-refractivity contribution in [3.8, 4) is 0 Å². The zero-order valence-corrected chi connectivity index (χ0v) is 7.10. The van der Waals surface area contributed by atoms with Gasteiger partial charge in [0, 0.05) is 12.3 Å². The summed E-state index contributed by atoms with van der Waals surface area (Å²) in [5.74, 6) is 0. The van der Waals surface area contributed by atoms with Gasteiger partial charge in [-0.3, -0.25) is 4.79 Å². The number of rotatable bonds is 0. The summed E-state index contributed by atoms with van der Waals surface area (Å²) in [7, 11) is 0. The lowest BCUT2D eigenvalue weighted by Gasteiger charge is -1.87. The van der Waals surface area contributed by atoms with E-state index in [0.717, 1.165) is 15.5 Å². The summed E-state index contributed by atoms with van der Waals surface area (Å²) >= 11 is 3.30. The van der Waals surface area contributed by atoms with Crippen LogP contribution in [-0.2, 0) is 0 Å². The Balaban J connectivity index is 2.98. The smallest absolute Gasteiger partial charge is 0.248 e. The van der Waals surface area contributed by atoms with Crippen molar-refractivity contribution in [2.45, 2.75) is 0 Å². The molecule has 0 radical (unpaired) electrons. The maximum absolute atomic E-state index is 10.8. The average molecular weight is 213 g/mol. The number of fused-ring (bicyclic) bond motifs is 1. The van der Waals surface area contributed by atoms with E-state index >= 15 is 0 Å². The predicted octanol–water partition coefficient (Wildman–Crippen LogP) is 1.62. The van der Waals surface area contributed by atoms with E-state index in [1.165, 1.54) is 6.07 Å². The highest BCUT2D eigenvalue weighted by molar-refractivity contribution is 9.10. The Kier molecular flexibility index (Phi) is 1.35. The van der Waals surface area contributed by atoms with E-state index in [-0.39, 0.29) is 5.56 Å². The zero-order valence-electron chi connectivity index (χ0n) is 5.52. The van der Waals surface area contributed by atoms with E-state index in [0.29, 0.717) is 0 Å². The molecule has 2 rings (SSSR count). The van der Waals surface area contributed by atoms with Gasteiger partial charge in [0.15, 0.2) is 0 Å². The van der Waals surface area contributed by atoms with E-state index in [2.05, 4.69) is 25.9 Å². The maximum Gasteiger partial charge on any atom is 0.248 e. The van der Waals surface area contributed by atoms with Gasteiger partial charge in [-0.2, -0.15) is 0 Å². The van der Waals surface area contributed by atoms with Gasteiger partial charge < -0.3 is 9.97 Å². The summed E-state index contributed by atoms with van der Waals surface area (Å²) in [5, 5.41) is 0. The average Bonchev–Trinajstić information content (AvgIpc) is 2.33. The number of pyridine rings is 1. The van der Waals surface area contributed by atoms with Crippen LogP contribution in [0.1, 0.15) is 0 Å². The summed E-state index contributed by atoms with van der Waals surface area (Å²) < 4.78 is 0.880. The number of H-pyrrole nitrogens is 2. The van der Waals surface area contributed by atoms with E-state index in [1.807, 2.05) is 0 Å². The lowest BCUT2D eigenvalue weighted by atomic mass is 10.4. The van der Waals surface area contributed by atoms with Crippen molar-refractivity contribution >= 4 is 27.0 Å². The van der Waals surface area contributed by atoms with Crippen molar-refractivity contribution in [1.82, 2.24) is 9.97 Å². The lowest BCUT2D eigenvalue weighted by molar-refractivity contribution is 1.30. The molecule has 2 heterocycles. The van der Waals surface area contributed by atoms with Crippen LogP contribution in [0.25, 0.3) is 11.0 Å². The molecule has 56 valence electrons. The van der Waals surface area contributed by atoms with Crippen molar-refractivity contribution in [1.29, 1.82) is 0 Å². The van der Waals surface area contributed by atoms with E-state index in [1.54, 1.807) is 12.3 Å². The van der Waals surface area contributed by atoms with Crippen LogP contribution in [0.15, 0.2) is 27.6 Å². The Labute approximate surface area is 70.6 Å². The van der Waals surface area contributed by atoms with Crippen LogP contribution in [0.3, 0.4) is 0 Å². The van der Waals surface area contributed by atoms with E-state index < -0.39 is 0 Å². The topological polar surface area (TPSA) is 48.6 Å². The molecular weight excluding hydrogens is 208 g/mol. The van der Waals surface area contributed by atoms with Gasteiger partial charge in [-0.05, 0) is 22.0 Å². The highest BCUT2D eigenvalue weighted by atomic mass is 79.9. The molecule has 3 nitrogen and oxygen atoms in total. The third kappa shape index (κ3) is 0.991. The standard InChI is InChI=1S/C7H5BrN2O/c8-4-3-9-5-1-2-6(11)10-7(4)5/h1-3,9H,(H,10,11). The third-order valence-electron chi connectivity index (χ3n) is 1.51. The first-order valence-corrected chi connectivity index (χ1v) is 3.92. The van der Waals surface area contributed by atoms with Crippen molar-refractivity contribution in [2.75, 3.05) is 0 Å². The van der Waals surface area contributed by atoms with Crippen LogP contribution in [0.5, 0.6) is 0 Å². The largest absolute Gasteiger partial charge is 0.359 e. The lowest BCUT2D eigenvalue weighted by Crippen LogP contribution is -2.01. The summed E-state index contributed by atoms with van der Waals surface area (Å²) in [6, 6.07) is 3.24. The second-order valence-electron chi connectivity index (χ2n) is 2.25. The van der Waals surface area contributed by atoms with Crippen molar-refractivity contribution in [3.05, 3.63) is 33.2 Å². The first-order chi connectivity index (χ1) is 5.27. The first-order valence-electron chi connectivity index (χ1n) is 3.13. The summed E-state index contributed by atoms with van der Waals surface area (Å²) in [6.45, 7) is 0. The highest BCUT2D eigenvalue weighted by Crippen LogP contribution is 2.18. The second kappa shape index (κ2) is 2.23. The fourth-order valence-electron chi connectivity index (χ4n) is 0.996. The molecular formula is C7H5BrN2O. The van der Waals surface area contributed by atoms with Gasteiger partial charge in [-0.15, -0.1) is 0 Å². The quantitative estimate of drug-likeness (QED) is 0.686. The molecule has 0 unspecified atom stereocenters. The molecule has 0 spiro atoms. The van der Waals surface area contributed by atoms with Crippen LogP contribution in [0.2, 0.25) is 0 Å². The van der Waals surface area contributed by atoms with Gasteiger partial charge in [0.25, 0.3) is 0 Å².